The number of amides is 3. The number of hydrogen-bond acceptors (Lipinski definition) is 14. The number of hydrogen-bond donors (Lipinski definition) is 2. The first-order valence-electron chi connectivity index (χ1n) is 38.7. The molecule has 0 radical (unpaired) electrons. The van der Waals surface area contributed by atoms with Crippen LogP contribution in [0.15, 0.2) is 272 Å². The number of methoxy groups -OCH3 is 1. The summed E-state index contributed by atoms with van der Waals surface area (Å²) in [5.41, 5.74) is 21.7. The lowest BCUT2D eigenvalue weighted by Gasteiger charge is -2.27. The van der Waals surface area contributed by atoms with Gasteiger partial charge >= 0.3 is 5.97 Å². The fourth-order valence-electron chi connectivity index (χ4n) is 16.7. The first-order valence-corrected chi connectivity index (χ1v) is 41.1. The molecule has 17 nitrogen and oxygen atoms in total. The lowest BCUT2D eigenvalue weighted by Crippen LogP contribution is -2.43. The van der Waals surface area contributed by atoms with Crippen LogP contribution in [-0.4, -0.2) is 86.8 Å². The average Bonchev–Trinajstić information content (AvgIpc) is 1.59. The molecule has 4 atom stereocenters. The monoisotopic (exact) mass is 1590 g/mol. The number of fused-ring (bicyclic) bond motifs is 6. The van der Waals surface area contributed by atoms with E-state index in [1.165, 1.54) is 49.6 Å². The van der Waals surface area contributed by atoms with Crippen molar-refractivity contribution < 1.29 is 37.9 Å². The van der Waals surface area contributed by atoms with Gasteiger partial charge in [0.25, 0.3) is 17.4 Å². The Morgan fingerprint density at radius 3 is 1.63 bits per heavy atom. The average molecular weight is 1590 g/mol. The van der Waals surface area contributed by atoms with Crippen molar-refractivity contribution in [3.05, 3.63) is 343 Å². The van der Waals surface area contributed by atoms with Gasteiger partial charge < -0.3 is 24.7 Å². The predicted molar refractivity (Wildman–Crippen MR) is 465 cm³/mol. The molecule has 4 unspecified atom stereocenters. The van der Waals surface area contributed by atoms with Gasteiger partial charge in [-0.3, -0.25) is 33.5 Å². The molecule has 11 aromatic rings. The summed E-state index contributed by atoms with van der Waals surface area (Å²) in [5.74, 6) is -0.505. The van der Waals surface area contributed by atoms with E-state index in [1.54, 1.807) is 24.1 Å². The van der Waals surface area contributed by atoms with Crippen LogP contribution >= 0.6 is 47.5 Å². The number of esters is 1. The van der Waals surface area contributed by atoms with Gasteiger partial charge in [0, 0.05) is 78.0 Å². The number of hydroxylamine groups is 1. The van der Waals surface area contributed by atoms with Gasteiger partial charge in [-0.25, -0.2) is 18.8 Å². The normalized spacial score (nSPS) is 18.4. The third-order valence-electron chi connectivity index (χ3n) is 22.4. The van der Waals surface area contributed by atoms with Crippen LogP contribution in [0.4, 0.5) is 28.4 Å². The molecule has 115 heavy (non-hydrogen) atoms. The summed E-state index contributed by atoms with van der Waals surface area (Å²) >= 11 is 14.0. The number of pyridine rings is 2. The lowest BCUT2D eigenvalue weighted by molar-refractivity contribution is -0.695. The van der Waals surface area contributed by atoms with Crippen LogP contribution in [0.25, 0.3) is 52.0 Å². The molecule has 2 saturated heterocycles. The minimum absolute atomic E-state index is 0.152. The van der Waals surface area contributed by atoms with E-state index in [2.05, 4.69) is 173 Å². The minimum Gasteiger partial charge on any atom is -0.465 e. The van der Waals surface area contributed by atoms with Gasteiger partial charge in [0.1, 0.15) is 26.1 Å². The molecule has 6 aliphatic rings. The summed E-state index contributed by atoms with van der Waals surface area (Å²) in [5, 5.41) is 3.24. The smallest absolute Gasteiger partial charge is 0.337 e. The molecular weight excluding hydrogens is 1510 g/mol. The molecule has 2 aliphatic carbocycles. The van der Waals surface area contributed by atoms with Crippen LogP contribution in [0.5, 0.6) is 0 Å². The number of thioether (sulfide) groups is 1. The van der Waals surface area contributed by atoms with E-state index in [0.717, 1.165) is 123 Å². The Labute approximate surface area is 686 Å². The van der Waals surface area contributed by atoms with E-state index in [4.69, 9.17) is 34.0 Å². The van der Waals surface area contributed by atoms with Gasteiger partial charge in [-0.1, -0.05) is 176 Å². The third-order valence-corrected chi connectivity index (χ3v) is 25.6. The molecule has 8 aromatic carbocycles. The van der Waals surface area contributed by atoms with Gasteiger partial charge in [-0.2, -0.15) is 0 Å². The summed E-state index contributed by atoms with van der Waals surface area (Å²) in [6.07, 6.45) is 24.6. The van der Waals surface area contributed by atoms with E-state index in [-0.39, 0.29) is 46.8 Å². The maximum absolute atomic E-state index is 14.6. The second-order valence-corrected chi connectivity index (χ2v) is 32.4. The number of nitrogens with zero attached hydrogens (tertiary/aromatic N) is 8. The lowest BCUT2D eigenvalue weighted by atomic mass is 9.95. The molecule has 0 bridgehead atoms. The van der Waals surface area contributed by atoms with E-state index < -0.39 is 0 Å². The molecular formula is C94H82N10O7S4+2. The van der Waals surface area contributed by atoms with E-state index in [0.29, 0.717) is 85.5 Å². The molecule has 7 heterocycles. The van der Waals surface area contributed by atoms with E-state index >= 15 is 0 Å². The van der Waals surface area contributed by atoms with Crippen molar-refractivity contribution in [2.45, 2.75) is 82.1 Å². The number of rotatable bonds is 23. The van der Waals surface area contributed by atoms with Gasteiger partial charge in [0.2, 0.25) is 11.8 Å². The molecule has 21 heteroatoms. The summed E-state index contributed by atoms with van der Waals surface area (Å²) in [6.45, 7) is 5.72. The molecule has 2 N–H and O–H groups in total. The number of thiazole rings is 1. The van der Waals surface area contributed by atoms with Crippen molar-refractivity contribution in [2.24, 2.45) is 0 Å². The van der Waals surface area contributed by atoms with Crippen LogP contribution in [0.1, 0.15) is 111 Å². The van der Waals surface area contributed by atoms with E-state index in [1.807, 2.05) is 131 Å². The van der Waals surface area contributed by atoms with Crippen LogP contribution in [-0.2, 0) is 43.6 Å². The Hall–Kier alpha value is -12.2. The van der Waals surface area contributed by atoms with Crippen molar-refractivity contribution in [2.75, 3.05) is 41.9 Å². The molecule has 4 fully saturated rings. The summed E-state index contributed by atoms with van der Waals surface area (Å²) < 4.78 is 11.5. The molecule has 572 valence electrons. The second kappa shape index (κ2) is 33.1. The fourth-order valence-corrected chi connectivity index (χ4v) is 19.5. The SMILES string of the molecule is C=C(ONCC[n+]1ccc(-c2cc[n+](CCNC(=O)Cn3c(=O)/c(=C\c4ccc5c(c4)C4CCCC4N5c4ccc(C=C(c5ccccc5)c5ccccc5)cc4)s/c3=C3/SC(=S)N(C)C3=O)cc2)cc1)N1C(=S)N(c2ccccc2)C(=O)/C1=C\c1ccc2c(c1)C1CCCC1N2c1ccc(/C=C/c2ccc(C(=O)OC)cc2)cc1. The number of benzene rings is 8. The van der Waals surface area contributed by atoms with Gasteiger partial charge in [-0.15, -0.1) is 16.8 Å². The largest absolute Gasteiger partial charge is 0.465 e. The number of ether oxygens (including phenoxy) is 1. The number of para-hydroxylation sites is 1. The highest BCUT2D eigenvalue weighted by molar-refractivity contribution is 8.30. The zero-order valence-electron chi connectivity index (χ0n) is 63.4. The Balaban J connectivity index is 0.517. The van der Waals surface area contributed by atoms with Crippen molar-refractivity contribution in [1.29, 1.82) is 0 Å². The number of carbonyl (C=O) groups is 4. The number of carbonyl (C=O) groups excluding carboxylic acids is 4. The van der Waals surface area contributed by atoms with Crippen molar-refractivity contribution in [3.63, 3.8) is 0 Å². The zero-order chi connectivity index (χ0) is 78.8. The summed E-state index contributed by atoms with van der Waals surface area (Å²) in [6, 6.07) is 76.9. The van der Waals surface area contributed by atoms with Crippen molar-refractivity contribution in [1.82, 2.24) is 25.2 Å². The number of anilines is 5. The van der Waals surface area contributed by atoms with Crippen molar-refractivity contribution in [3.8, 4) is 11.1 Å². The van der Waals surface area contributed by atoms with E-state index in [9.17, 15) is 24.0 Å². The molecule has 4 aliphatic heterocycles. The maximum atomic E-state index is 14.6. The predicted octanol–water partition coefficient (Wildman–Crippen LogP) is 15.2. The first kappa shape index (κ1) is 75.4. The van der Waals surface area contributed by atoms with Gasteiger partial charge in [0.15, 0.2) is 43.0 Å². The van der Waals surface area contributed by atoms with Gasteiger partial charge in [0.05, 0.1) is 36.0 Å². The van der Waals surface area contributed by atoms with Crippen LogP contribution in [0.3, 0.4) is 0 Å². The third kappa shape index (κ3) is 15.5. The summed E-state index contributed by atoms with van der Waals surface area (Å²) in [4.78, 5) is 84.7. The molecule has 17 rings (SSSR count). The second-order valence-electron chi connectivity index (χ2n) is 29.4. The molecule has 0 spiro atoms. The first-order chi connectivity index (χ1) is 56.2. The zero-order valence-corrected chi connectivity index (χ0v) is 66.7. The maximum Gasteiger partial charge on any atom is 0.337 e. The fraction of sp³-hybridized carbons (Fsp3) is 0.181. The number of aromatic nitrogens is 3. The van der Waals surface area contributed by atoms with Crippen LogP contribution in [0.2, 0.25) is 0 Å². The quantitative estimate of drug-likeness (QED) is 0.00911. The highest BCUT2D eigenvalue weighted by Gasteiger charge is 2.45. The van der Waals surface area contributed by atoms with Crippen LogP contribution < -0.4 is 49.4 Å². The highest BCUT2D eigenvalue weighted by Crippen LogP contribution is 2.54. The minimum atomic E-state index is -0.361. The Morgan fingerprint density at radius 2 is 1.09 bits per heavy atom. The standard InChI is InChI=1S/C94H81N10O7S4/c1-61(101-84(88(106)104(93(101)112)72-19-11-6-12-20-72)58-65-33-41-82-78(56-65)75-21-13-23-80(75)102(82)73-37-29-63(30-38-73)26-25-62-27-35-71(36-28-62)92(109)110-3)111-96-48-54-99-51-45-68(46-52-99)67-43-49-98(50-44-67)53-47-95-86(105)60-100-89(107)85(114-91(100)87-90(108)97(2)94(113)115-87)59-66-34-42-83-79(57-66)76-22-14-24-81(76)103(83)74-39-31-64(32-40-74)55-77(69-15-7-4-8-16-69)70-17-9-5-10-18-70/h4-12,15-20,25-46,49-52,55-59,75-76,80-81,96H,1,13-14,21-24,47-48,53-54,60H2,2-3H3/q+1/p+1/b26-25+,84-58+,85-59+,91-87+. The van der Waals surface area contributed by atoms with Crippen LogP contribution in [0, 0.1) is 0 Å². The Morgan fingerprint density at radius 1 is 0.574 bits per heavy atom. The topological polar surface area (TPSA) is 157 Å². The summed E-state index contributed by atoms with van der Waals surface area (Å²) in [7, 11) is 3.00. The Bertz CT molecular complexity index is 5900. The molecule has 3 aromatic heterocycles. The molecule has 3 amide bonds. The Kier molecular flexibility index (Phi) is 21.7. The molecule has 2 saturated carbocycles. The van der Waals surface area contributed by atoms with Crippen molar-refractivity contribution >= 4 is 150 Å². The van der Waals surface area contributed by atoms with Gasteiger partial charge in [-0.05, 0) is 202 Å². The number of thiocarbonyl (C=S) groups is 2. The highest BCUT2D eigenvalue weighted by atomic mass is 32.2. The number of nitrogens with one attached hydrogen (secondary N) is 2.